The number of amides is 2. The van der Waals surface area contributed by atoms with Crippen LogP contribution in [0.2, 0.25) is 0 Å². The van der Waals surface area contributed by atoms with Crippen molar-refractivity contribution < 1.29 is 28.6 Å². The topological polar surface area (TPSA) is 137 Å². The minimum absolute atomic E-state index is 0.0643. The molecule has 12 heteroatoms. The zero-order valence-corrected chi connectivity index (χ0v) is 22.5. The lowest BCUT2D eigenvalue weighted by Crippen LogP contribution is -2.60. The van der Waals surface area contributed by atoms with E-state index in [-0.39, 0.29) is 37.4 Å². The largest absolute Gasteiger partial charge is 0.474 e. The Hall–Kier alpha value is -3.77. The van der Waals surface area contributed by atoms with Crippen molar-refractivity contribution >= 4 is 45.8 Å². The van der Waals surface area contributed by atoms with Crippen LogP contribution in [0.4, 0.5) is 5.82 Å². The maximum atomic E-state index is 13.4. The number of rotatable bonds is 10. The Balaban J connectivity index is 1.41. The molecule has 2 aromatic heterocycles. The van der Waals surface area contributed by atoms with Gasteiger partial charge in [-0.2, -0.15) is 0 Å². The first-order chi connectivity index (χ1) is 18.3. The van der Waals surface area contributed by atoms with Gasteiger partial charge < -0.3 is 29.7 Å². The first-order valence-electron chi connectivity index (χ1n) is 12.2. The van der Waals surface area contributed by atoms with Crippen LogP contribution in [-0.4, -0.2) is 83.6 Å². The van der Waals surface area contributed by atoms with Gasteiger partial charge in [-0.1, -0.05) is 6.07 Å². The SMILES string of the molecule is CCOC(=O)Cc1cc(C)sc1OCC(=O)N1CCN(Cc2ccc3c(N)ncnc3c2)C(=O)[C@@H]1COC. The molecular weight excluding hydrogens is 510 g/mol. The quantitative estimate of drug-likeness (QED) is 0.382. The van der Waals surface area contributed by atoms with E-state index in [1.54, 1.807) is 11.8 Å². The molecule has 202 valence electrons. The molecule has 1 fully saturated rings. The Kier molecular flexibility index (Phi) is 8.74. The fourth-order valence-electron chi connectivity index (χ4n) is 4.42. The van der Waals surface area contributed by atoms with Crippen molar-refractivity contribution in [2.75, 3.05) is 45.8 Å². The third-order valence-electron chi connectivity index (χ3n) is 6.19. The van der Waals surface area contributed by atoms with Crippen molar-refractivity contribution in [1.29, 1.82) is 0 Å². The van der Waals surface area contributed by atoms with Gasteiger partial charge in [-0.05, 0) is 37.6 Å². The van der Waals surface area contributed by atoms with Crippen LogP contribution in [0.1, 0.15) is 22.9 Å². The average Bonchev–Trinajstić information content (AvgIpc) is 3.23. The van der Waals surface area contributed by atoms with Gasteiger partial charge in [0.1, 0.15) is 18.2 Å². The number of hydrogen-bond acceptors (Lipinski definition) is 10. The molecule has 1 aromatic carbocycles. The summed E-state index contributed by atoms with van der Waals surface area (Å²) < 4.78 is 16.1. The predicted octanol–water partition coefficient (Wildman–Crippen LogP) is 1.95. The number of carbonyl (C=O) groups is 3. The van der Waals surface area contributed by atoms with Crippen molar-refractivity contribution in [2.24, 2.45) is 0 Å². The maximum absolute atomic E-state index is 13.4. The number of aryl methyl sites for hydroxylation is 1. The summed E-state index contributed by atoms with van der Waals surface area (Å²) in [7, 11) is 1.49. The van der Waals surface area contributed by atoms with Gasteiger partial charge in [-0.25, -0.2) is 9.97 Å². The zero-order chi connectivity index (χ0) is 27.2. The molecule has 1 aliphatic heterocycles. The number of aromatic nitrogens is 2. The normalized spacial score (nSPS) is 15.7. The van der Waals surface area contributed by atoms with Gasteiger partial charge in [0.15, 0.2) is 11.7 Å². The molecule has 1 aliphatic rings. The van der Waals surface area contributed by atoms with Crippen molar-refractivity contribution in [3.63, 3.8) is 0 Å². The van der Waals surface area contributed by atoms with E-state index in [1.165, 1.54) is 29.7 Å². The minimum atomic E-state index is -0.771. The molecule has 0 aliphatic carbocycles. The van der Waals surface area contributed by atoms with E-state index in [0.29, 0.717) is 48.2 Å². The molecular formula is C26H31N5O6S. The molecule has 3 heterocycles. The average molecular weight is 542 g/mol. The van der Waals surface area contributed by atoms with E-state index in [4.69, 9.17) is 19.9 Å². The lowest BCUT2D eigenvalue weighted by atomic mass is 10.1. The Morgan fingerprint density at radius 2 is 2.03 bits per heavy atom. The number of hydrogen-bond donors (Lipinski definition) is 1. The van der Waals surface area contributed by atoms with Gasteiger partial charge >= 0.3 is 5.97 Å². The number of ether oxygens (including phenoxy) is 3. The number of thiophene rings is 1. The molecule has 0 spiro atoms. The van der Waals surface area contributed by atoms with Crippen LogP contribution in [0.3, 0.4) is 0 Å². The first kappa shape index (κ1) is 27.3. The van der Waals surface area contributed by atoms with Crippen LogP contribution in [0.15, 0.2) is 30.6 Å². The van der Waals surface area contributed by atoms with E-state index in [2.05, 4.69) is 9.97 Å². The molecule has 0 bridgehead atoms. The van der Waals surface area contributed by atoms with Crippen molar-refractivity contribution in [2.45, 2.75) is 32.9 Å². The summed E-state index contributed by atoms with van der Waals surface area (Å²) in [6.07, 6.45) is 1.48. The first-order valence-corrected chi connectivity index (χ1v) is 13.1. The number of nitrogens with two attached hydrogens (primary N) is 1. The van der Waals surface area contributed by atoms with E-state index in [0.717, 1.165) is 15.8 Å². The second-order valence-electron chi connectivity index (χ2n) is 8.87. The molecule has 11 nitrogen and oxygen atoms in total. The highest BCUT2D eigenvalue weighted by molar-refractivity contribution is 7.14. The van der Waals surface area contributed by atoms with Gasteiger partial charge in [-0.15, -0.1) is 11.3 Å². The van der Waals surface area contributed by atoms with Gasteiger partial charge in [0.05, 0.1) is 25.2 Å². The Bertz CT molecular complexity index is 1330. The van der Waals surface area contributed by atoms with Gasteiger partial charge in [0, 0.05) is 42.6 Å². The lowest BCUT2D eigenvalue weighted by molar-refractivity contribution is -0.155. The van der Waals surface area contributed by atoms with Crippen molar-refractivity contribution in [3.8, 4) is 5.06 Å². The van der Waals surface area contributed by atoms with Gasteiger partial charge in [-0.3, -0.25) is 14.4 Å². The van der Waals surface area contributed by atoms with Crippen LogP contribution in [0, 0.1) is 6.92 Å². The number of piperazine rings is 1. The van der Waals surface area contributed by atoms with Crippen LogP contribution >= 0.6 is 11.3 Å². The summed E-state index contributed by atoms with van der Waals surface area (Å²) in [5.74, 6) is -0.488. The molecule has 0 radical (unpaired) electrons. The van der Waals surface area contributed by atoms with Crippen LogP contribution in [0.25, 0.3) is 10.9 Å². The summed E-state index contributed by atoms with van der Waals surface area (Å²) in [5.41, 5.74) is 8.19. The minimum Gasteiger partial charge on any atom is -0.474 e. The van der Waals surface area contributed by atoms with Gasteiger partial charge in [0.25, 0.3) is 5.91 Å². The van der Waals surface area contributed by atoms with Crippen molar-refractivity contribution in [3.05, 3.63) is 46.6 Å². The highest BCUT2D eigenvalue weighted by Crippen LogP contribution is 2.31. The fraction of sp³-hybridized carbons (Fsp3) is 0.423. The fourth-order valence-corrected chi connectivity index (χ4v) is 5.30. The standard InChI is InChI=1S/C26H31N5O6S/c1-4-36-23(33)11-18-9-16(2)38-26(18)37-14-22(32)31-8-7-30(25(34)21(31)13-35-3)12-17-5-6-19-20(10-17)28-15-29-24(19)27/h5-6,9-10,15,21H,4,7-8,11-14H2,1-3H3,(H2,27,28,29)/t21-/m0/s1. The number of anilines is 1. The van der Waals surface area contributed by atoms with E-state index < -0.39 is 6.04 Å². The van der Waals surface area contributed by atoms with Crippen molar-refractivity contribution in [1.82, 2.24) is 19.8 Å². The molecule has 0 saturated carbocycles. The van der Waals surface area contributed by atoms with E-state index in [9.17, 15) is 14.4 Å². The second kappa shape index (κ2) is 12.2. The third-order valence-corrected chi connectivity index (χ3v) is 7.20. The predicted molar refractivity (Wildman–Crippen MR) is 142 cm³/mol. The summed E-state index contributed by atoms with van der Waals surface area (Å²) in [6, 6.07) is 6.70. The summed E-state index contributed by atoms with van der Waals surface area (Å²) in [6.45, 7) is 4.81. The van der Waals surface area contributed by atoms with E-state index >= 15 is 0 Å². The lowest BCUT2D eigenvalue weighted by Gasteiger charge is -2.40. The summed E-state index contributed by atoms with van der Waals surface area (Å²) >= 11 is 1.36. The third kappa shape index (κ3) is 6.20. The zero-order valence-electron chi connectivity index (χ0n) is 21.6. The maximum Gasteiger partial charge on any atom is 0.310 e. The Labute approximate surface area is 224 Å². The number of nitrogen functional groups attached to an aromatic ring is 1. The number of carbonyl (C=O) groups excluding carboxylic acids is 3. The number of fused-ring (bicyclic) bond motifs is 1. The monoisotopic (exact) mass is 541 g/mol. The summed E-state index contributed by atoms with van der Waals surface area (Å²) in [4.78, 5) is 50.9. The number of methoxy groups -OCH3 is 1. The number of esters is 1. The molecule has 0 unspecified atom stereocenters. The molecule has 2 N–H and O–H groups in total. The highest BCUT2D eigenvalue weighted by Gasteiger charge is 2.37. The van der Waals surface area contributed by atoms with Crippen LogP contribution < -0.4 is 10.5 Å². The molecule has 3 aromatic rings. The smallest absolute Gasteiger partial charge is 0.310 e. The second-order valence-corrected chi connectivity index (χ2v) is 10.1. The molecule has 2 amide bonds. The van der Waals surface area contributed by atoms with Crippen LogP contribution in [-0.2, 0) is 36.8 Å². The summed E-state index contributed by atoms with van der Waals surface area (Å²) in [5, 5.41) is 1.25. The molecule has 4 rings (SSSR count). The molecule has 1 saturated heterocycles. The van der Waals surface area contributed by atoms with E-state index in [1.807, 2.05) is 31.2 Å². The van der Waals surface area contributed by atoms with Crippen LogP contribution in [0.5, 0.6) is 5.06 Å². The Morgan fingerprint density at radius 1 is 1.21 bits per heavy atom. The Morgan fingerprint density at radius 3 is 2.79 bits per heavy atom. The number of benzene rings is 1. The van der Waals surface area contributed by atoms with Gasteiger partial charge in [0.2, 0.25) is 5.91 Å². The molecule has 1 atom stereocenters. The molecule has 38 heavy (non-hydrogen) atoms. The number of nitrogens with zero attached hydrogens (tertiary/aromatic N) is 4. The highest BCUT2D eigenvalue weighted by atomic mass is 32.1.